The molecule has 1 aromatic carbocycles. The molecule has 1 atom stereocenters. The van der Waals surface area contributed by atoms with Gasteiger partial charge in [-0.3, -0.25) is 9.59 Å². The van der Waals surface area contributed by atoms with Gasteiger partial charge in [0, 0.05) is 6.07 Å². The van der Waals surface area contributed by atoms with Crippen LogP contribution in [0.25, 0.3) is 0 Å². The highest BCUT2D eigenvalue weighted by atomic mass is 35.5. The van der Waals surface area contributed by atoms with Crippen LogP contribution in [0.2, 0.25) is 5.02 Å². The minimum atomic E-state index is -0.468. The van der Waals surface area contributed by atoms with E-state index in [0.717, 1.165) is 17.3 Å². The second-order valence-electron chi connectivity index (χ2n) is 5.17. The van der Waals surface area contributed by atoms with Crippen molar-refractivity contribution in [3.8, 4) is 5.75 Å². The lowest BCUT2D eigenvalue weighted by atomic mass is 10.2. The summed E-state index contributed by atoms with van der Waals surface area (Å²) in [6.45, 7) is 5.30. The molecule has 1 heterocycles. The Morgan fingerprint density at radius 3 is 2.79 bits per heavy atom. The third-order valence-electron chi connectivity index (χ3n) is 3.01. The van der Waals surface area contributed by atoms with Crippen molar-refractivity contribution in [2.45, 2.75) is 26.0 Å². The van der Waals surface area contributed by atoms with Crippen LogP contribution in [-0.2, 0) is 9.59 Å². The maximum absolute atomic E-state index is 12.0. The average Bonchev–Trinajstić information content (AvgIpc) is 2.93. The number of nitrogens with zero attached hydrogens (tertiary/aromatic N) is 1. The third kappa shape index (κ3) is 5.28. The summed E-state index contributed by atoms with van der Waals surface area (Å²) in [7, 11) is 0. The van der Waals surface area contributed by atoms with E-state index in [9.17, 15) is 9.59 Å². The van der Waals surface area contributed by atoms with Gasteiger partial charge in [0.2, 0.25) is 5.91 Å². The Bertz CT molecular complexity index is 747. The van der Waals surface area contributed by atoms with Crippen molar-refractivity contribution >= 4 is 41.1 Å². The predicted octanol–water partition coefficient (Wildman–Crippen LogP) is 3.61. The van der Waals surface area contributed by atoms with Crippen molar-refractivity contribution in [1.82, 2.24) is 5.16 Å². The van der Waals surface area contributed by atoms with Crippen LogP contribution in [0.3, 0.4) is 0 Å². The van der Waals surface area contributed by atoms with E-state index in [2.05, 4.69) is 10.5 Å². The number of nitrogens with one attached hydrogen (secondary N) is 1. The van der Waals surface area contributed by atoms with Crippen LogP contribution >= 0.6 is 23.4 Å². The van der Waals surface area contributed by atoms with E-state index in [0.29, 0.717) is 22.4 Å². The van der Waals surface area contributed by atoms with Crippen LogP contribution in [0.1, 0.15) is 18.2 Å². The summed E-state index contributed by atoms with van der Waals surface area (Å²) in [5.74, 6) is 0.552. The van der Waals surface area contributed by atoms with Gasteiger partial charge in [-0.2, -0.15) is 0 Å². The normalized spacial score (nSPS) is 11.8. The highest BCUT2D eigenvalue weighted by Gasteiger charge is 2.18. The van der Waals surface area contributed by atoms with Gasteiger partial charge in [-0.1, -0.05) is 22.8 Å². The molecule has 24 heavy (non-hydrogen) atoms. The van der Waals surface area contributed by atoms with Gasteiger partial charge in [-0.25, -0.2) is 0 Å². The van der Waals surface area contributed by atoms with Crippen molar-refractivity contribution < 1.29 is 18.8 Å². The van der Waals surface area contributed by atoms with Gasteiger partial charge in [0.15, 0.2) is 5.82 Å². The van der Waals surface area contributed by atoms with Crippen molar-refractivity contribution in [1.29, 1.82) is 0 Å². The van der Waals surface area contributed by atoms with Gasteiger partial charge in [-0.15, -0.1) is 11.8 Å². The van der Waals surface area contributed by atoms with Crippen LogP contribution in [-0.4, -0.2) is 28.0 Å². The largest absolute Gasteiger partial charge is 0.424 e. The van der Waals surface area contributed by atoms with Crippen LogP contribution in [0.5, 0.6) is 5.75 Å². The van der Waals surface area contributed by atoms with Crippen LogP contribution in [0.4, 0.5) is 5.82 Å². The van der Waals surface area contributed by atoms with E-state index in [1.54, 1.807) is 32.0 Å². The number of halogens is 1. The Hall–Kier alpha value is -1.99. The van der Waals surface area contributed by atoms with Crippen molar-refractivity contribution in [2.75, 3.05) is 11.1 Å². The molecule has 1 aromatic heterocycles. The Labute approximate surface area is 148 Å². The first-order chi connectivity index (χ1) is 11.3. The van der Waals surface area contributed by atoms with E-state index >= 15 is 0 Å². The van der Waals surface area contributed by atoms with Crippen molar-refractivity contribution in [3.63, 3.8) is 0 Å². The standard InChI is InChI=1S/C16H17ClN2O4S/c1-9-4-5-12(17)13(6-9)22-15(20)8-24-11(3)16(21)18-14-7-10(2)23-19-14/h4-7,11H,8H2,1-3H3,(H,18,19,21). The molecule has 0 spiro atoms. The third-order valence-corrected chi connectivity index (χ3v) is 4.44. The number of benzene rings is 1. The zero-order chi connectivity index (χ0) is 17.7. The molecule has 0 bridgehead atoms. The summed E-state index contributed by atoms with van der Waals surface area (Å²) in [5.41, 5.74) is 0.936. The molecular weight excluding hydrogens is 352 g/mol. The number of aromatic nitrogens is 1. The molecule has 0 fully saturated rings. The summed E-state index contributed by atoms with van der Waals surface area (Å²) in [6.07, 6.45) is 0. The van der Waals surface area contributed by atoms with Gasteiger partial charge in [0.05, 0.1) is 16.0 Å². The van der Waals surface area contributed by atoms with Crippen LogP contribution < -0.4 is 10.1 Å². The summed E-state index contributed by atoms with van der Waals surface area (Å²) in [6, 6.07) is 6.80. The maximum Gasteiger partial charge on any atom is 0.321 e. The molecule has 0 radical (unpaired) electrons. The number of esters is 1. The molecule has 1 amide bonds. The fraction of sp³-hybridized carbons (Fsp3) is 0.312. The number of ether oxygens (including phenoxy) is 1. The number of carbonyl (C=O) groups is 2. The predicted molar refractivity (Wildman–Crippen MR) is 93.6 cm³/mol. The van der Waals surface area contributed by atoms with Crippen molar-refractivity contribution in [2.24, 2.45) is 0 Å². The van der Waals surface area contributed by atoms with Crippen molar-refractivity contribution in [3.05, 3.63) is 40.6 Å². The molecule has 0 aliphatic heterocycles. The molecule has 0 saturated heterocycles. The summed E-state index contributed by atoms with van der Waals surface area (Å²) < 4.78 is 10.1. The second-order valence-corrected chi connectivity index (χ2v) is 6.91. The molecular formula is C16H17ClN2O4S. The van der Waals surface area contributed by atoms with Gasteiger partial charge in [0.1, 0.15) is 11.5 Å². The number of hydrogen-bond acceptors (Lipinski definition) is 6. The zero-order valence-corrected chi connectivity index (χ0v) is 15.0. The Kier molecular flexibility index (Phi) is 6.28. The first-order valence-corrected chi connectivity index (χ1v) is 8.60. The lowest BCUT2D eigenvalue weighted by molar-refractivity contribution is -0.131. The molecule has 0 aliphatic rings. The Morgan fingerprint density at radius 2 is 2.12 bits per heavy atom. The van der Waals surface area contributed by atoms with E-state index in [1.807, 2.05) is 13.0 Å². The molecule has 0 saturated carbocycles. The highest BCUT2D eigenvalue weighted by Crippen LogP contribution is 2.26. The molecule has 6 nitrogen and oxygen atoms in total. The maximum atomic E-state index is 12.0. The number of carbonyl (C=O) groups excluding carboxylic acids is 2. The molecule has 2 aromatic rings. The van der Waals surface area contributed by atoms with Crippen LogP contribution in [0, 0.1) is 13.8 Å². The van der Waals surface area contributed by atoms with Gasteiger partial charge < -0.3 is 14.6 Å². The first-order valence-electron chi connectivity index (χ1n) is 7.18. The first kappa shape index (κ1) is 18.4. The quantitative estimate of drug-likeness (QED) is 0.619. The minimum absolute atomic E-state index is 0.0245. The van der Waals surface area contributed by atoms with Gasteiger partial charge in [0.25, 0.3) is 0 Å². The number of amides is 1. The minimum Gasteiger partial charge on any atom is -0.424 e. The topological polar surface area (TPSA) is 81.4 Å². The lowest BCUT2D eigenvalue weighted by Gasteiger charge is -2.11. The van der Waals surface area contributed by atoms with E-state index < -0.39 is 11.2 Å². The molecule has 2 rings (SSSR count). The fourth-order valence-electron chi connectivity index (χ4n) is 1.76. The van der Waals surface area contributed by atoms with Gasteiger partial charge >= 0.3 is 5.97 Å². The molecule has 128 valence electrons. The van der Waals surface area contributed by atoms with Gasteiger partial charge in [-0.05, 0) is 38.5 Å². The van der Waals surface area contributed by atoms with E-state index in [-0.39, 0.29) is 11.7 Å². The number of rotatable bonds is 6. The lowest BCUT2D eigenvalue weighted by Crippen LogP contribution is -2.24. The SMILES string of the molecule is Cc1ccc(Cl)c(OC(=O)CSC(C)C(=O)Nc2cc(C)on2)c1. The molecule has 1 unspecified atom stereocenters. The fourth-order valence-corrected chi connectivity index (χ4v) is 2.57. The molecule has 0 aliphatic carbocycles. The smallest absolute Gasteiger partial charge is 0.321 e. The second kappa shape index (κ2) is 8.21. The summed E-state index contributed by atoms with van der Waals surface area (Å²) >= 11 is 7.14. The number of anilines is 1. The highest BCUT2D eigenvalue weighted by molar-refractivity contribution is 8.01. The Morgan fingerprint density at radius 1 is 1.38 bits per heavy atom. The number of thioether (sulfide) groups is 1. The number of hydrogen-bond donors (Lipinski definition) is 1. The summed E-state index contributed by atoms with van der Waals surface area (Å²) in [4.78, 5) is 23.9. The monoisotopic (exact) mass is 368 g/mol. The van der Waals surface area contributed by atoms with Crippen LogP contribution in [0.15, 0.2) is 28.8 Å². The Balaban J connectivity index is 1.82. The van der Waals surface area contributed by atoms with E-state index in [1.165, 1.54) is 0 Å². The average molecular weight is 369 g/mol. The molecule has 8 heteroatoms. The zero-order valence-electron chi connectivity index (χ0n) is 13.5. The molecule has 1 N–H and O–H groups in total. The number of aryl methyl sites for hydroxylation is 2. The van der Waals surface area contributed by atoms with E-state index in [4.69, 9.17) is 20.9 Å². The summed E-state index contributed by atoms with van der Waals surface area (Å²) in [5, 5.41) is 6.21.